The first-order chi connectivity index (χ1) is 7.69. The lowest BCUT2D eigenvalue weighted by molar-refractivity contribution is 0.622. The molecule has 1 unspecified atom stereocenters. The molecule has 1 heterocycles. The van der Waals surface area contributed by atoms with Crippen molar-refractivity contribution in [1.29, 1.82) is 0 Å². The van der Waals surface area contributed by atoms with E-state index in [9.17, 15) is 0 Å². The maximum absolute atomic E-state index is 5.63. The van der Waals surface area contributed by atoms with Crippen LogP contribution in [-0.2, 0) is 0 Å². The first-order valence-electron chi connectivity index (χ1n) is 5.70. The minimum atomic E-state index is 0.342. The van der Waals surface area contributed by atoms with Crippen LogP contribution in [0.2, 0.25) is 0 Å². The van der Waals surface area contributed by atoms with Gasteiger partial charge in [0.25, 0.3) is 0 Å². The monoisotopic (exact) mass is 237 g/mol. The van der Waals surface area contributed by atoms with E-state index in [-0.39, 0.29) is 0 Å². The van der Waals surface area contributed by atoms with Gasteiger partial charge >= 0.3 is 0 Å². The molecule has 0 spiro atoms. The molecule has 3 nitrogen and oxygen atoms in total. The van der Waals surface area contributed by atoms with Crippen molar-refractivity contribution in [3.05, 3.63) is 24.0 Å². The molecule has 4 heteroatoms. The van der Waals surface area contributed by atoms with Crippen LogP contribution in [0.15, 0.2) is 18.3 Å². The number of nitrogens with one attached hydrogen (secondary N) is 1. The second-order valence-electron chi connectivity index (χ2n) is 3.80. The number of nitrogens with zero attached hydrogens (tertiary/aromatic N) is 1. The molecule has 0 aliphatic carbocycles. The standard InChI is InChI=1S/C12H19N3S/c1-3-6-9(4-2)15-10-7-5-8-14-11(10)12(13)16/h5,7-9,15H,3-4,6H2,1-2H3,(H2,13,16). The summed E-state index contributed by atoms with van der Waals surface area (Å²) in [6.45, 7) is 4.35. The Morgan fingerprint density at radius 1 is 1.56 bits per heavy atom. The highest BCUT2D eigenvalue weighted by Gasteiger charge is 2.10. The van der Waals surface area contributed by atoms with Gasteiger partial charge in [0, 0.05) is 12.2 Å². The predicted octanol–water partition coefficient (Wildman–Crippen LogP) is 2.71. The summed E-state index contributed by atoms with van der Waals surface area (Å²) in [7, 11) is 0. The van der Waals surface area contributed by atoms with Crippen LogP contribution in [0.5, 0.6) is 0 Å². The van der Waals surface area contributed by atoms with Crippen molar-refractivity contribution in [3.8, 4) is 0 Å². The molecule has 0 aliphatic rings. The average molecular weight is 237 g/mol. The normalized spacial score (nSPS) is 12.1. The Morgan fingerprint density at radius 2 is 2.31 bits per heavy atom. The molecular weight excluding hydrogens is 218 g/mol. The van der Waals surface area contributed by atoms with Crippen LogP contribution in [0.4, 0.5) is 5.69 Å². The van der Waals surface area contributed by atoms with Crippen molar-refractivity contribution in [2.24, 2.45) is 5.73 Å². The summed E-state index contributed by atoms with van der Waals surface area (Å²) in [6.07, 6.45) is 5.09. The lowest BCUT2D eigenvalue weighted by Gasteiger charge is -2.18. The van der Waals surface area contributed by atoms with E-state index >= 15 is 0 Å². The molecule has 1 atom stereocenters. The van der Waals surface area contributed by atoms with Gasteiger partial charge in [-0.2, -0.15) is 0 Å². The fourth-order valence-electron chi connectivity index (χ4n) is 1.66. The number of thiocarbonyl (C=S) groups is 1. The first kappa shape index (κ1) is 12.9. The predicted molar refractivity (Wildman–Crippen MR) is 72.7 cm³/mol. The second kappa shape index (κ2) is 6.43. The van der Waals surface area contributed by atoms with E-state index in [1.54, 1.807) is 6.20 Å². The SMILES string of the molecule is CCCC(CC)Nc1cccnc1C(N)=S. The zero-order valence-electron chi connectivity index (χ0n) is 9.86. The molecule has 88 valence electrons. The lowest BCUT2D eigenvalue weighted by Crippen LogP contribution is -2.22. The van der Waals surface area contributed by atoms with Gasteiger partial charge in [0.05, 0.1) is 5.69 Å². The summed E-state index contributed by atoms with van der Waals surface area (Å²) in [5, 5.41) is 3.45. The van der Waals surface area contributed by atoms with Crippen molar-refractivity contribution in [3.63, 3.8) is 0 Å². The highest BCUT2D eigenvalue weighted by atomic mass is 32.1. The van der Waals surface area contributed by atoms with Crippen molar-refractivity contribution in [1.82, 2.24) is 4.98 Å². The van der Waals surface area contributed by atoms with Gasteiger partial charge in [-0.1, -0.05) is 32.5 Å². The van der Waals surface area contributed by atoms with Crippen LogP contribution < -0.4 is 11.1 Å². The van der Waals surface area contributed by atoms with E-state index in [0.717, 1.165) is 24.9 Å². The number of hydrogen-bond acceptors (Lipinski definition) is 3. The molecule has 3 N–H and O–H groups in total. The van der Waals surface area contributed by atoms with E-state index in [2.05, 4.69) is 24.1 Å². The Balaban J connectivity index is 2.82. The molecule has 16 heavy (non-hydrogen) atoms. The molecule has 0 aliphatic heterocycles. The summed E-state index contributed by atoms with van der Waals surface area (Å²) in [4.78, 5) is 4.54. The van der Waals surface area contributed by atoms with Crippen molar-refractivity contribution in [2.75, 3.05) is 5.32 Å². The van der Waals surface area contributed by atoms with Gasteiger partial charge in [-0.3, -0.25) is 4.98 Å². The first-order valence-corrected chi connectivity index (χ1v) is 6.11. The van der Waals surface area contributed by atoms with Gasteiger partial charge in [-0.15, -0.1) is 0 Å². The average Bonchev–Trinajstić information content (AvgIpc) is 2.29. The van der Waals surface area contributed by atoms with Gasteiger partial charge in [-0.05, 0) is 25.0 Å². The molecule has 1 aromatic heterocycles. The minimum Gasteiger partial charge on any atom is -0.388 e. The Labute approximate surface area is 102 Å². The third-order valence-corrected chi connectivity index (χ3v) is 2.72. The Hall–Kier alpha value is -1.16. The van der Waals surface area contributed by atoms with Gasteiger partial charge in [0.1, 0.15) is 10.7 Å². The molecule has 0 saturated heterocycles. The Kier molecular flexibility index (Phi) is 5.19. The summed E-state index contributed by atoms with van der Waals surface area (Å²) in [6, 6.07) is 4.32. The Bertz CT molecular complexity index is 352. The van der Waals surface area contributed by atoms with Crippen LogP contribution in [0.3, 0.4) is 0 Å². The molecule has 0 fully saturated rings. The van der Waals surface area contributed by atoms with Crippen molar-refractivity contribution in [2.45, 2.75) is 39.2 Å². The summed E-state index contributed by atoms with van der Waals surface area (Å²) in [5.74, 6) is 0. The number of hydrogen-bond donors (Lipinski definition) is 2. The molecular formula is C12H19N3S. The maximum atomic E-state index is 5.63. The highest BCUT2D eigenvalue weighted by molar-refractivity contribution is 7.80. The highest BCUT2D eigenvalue weighted by Crippen LogP contribution is 2.16. The zero-order chi connectivity index (χ0) is 12.0. The van der Waals surface area contributed by atoms with Crippen LogP contribution in [0.25, 0.3) is 0 Å². The quantitative estimate of drug-likeness (QED) is 0.747. The summed E-state index contributed by atoms with van der Waals surface area (Å²) >= 11 is 4.98. The largest absolute Gasteiger partial charge is 0.388 e. The van der Waals surface area contributed by atoms with E-state index in [4.69, 9.17) is 18.0 Å². The van der Waals surface area contributed by atoms with E-state index in [1.807, 2.05) is 12.1 Å². The fraction of sp³-hybridized carbons (Fsp3) is 0.500. The van der Waals surface area contributed by atoms with Gasteiger partial charge in [-0.25, -0.2) is 0 Å². The Morgan fingerprint density at radius 3 is 2.88 bits per heavy atom. The lowest BCUT2D eigenvalue weighted by atomic mass is 10.1. The maximum Gasteiger partial charge on any atom is 0.124 e. The molecule has 1 aromatic rings. The number of pyridine rings is 1. The van der Waals surface area contributed by atoms with Crippen LogP contribution in [-0.4, -0.2) is 16.0 Å². The van der Waals surface area contributed by atoms with Crippen LogP contribution in [0.1, 0.15) is 38.8 Å². The summed E-state index contributed by atoms with van der Waals surface area (Å²) in [5.41, 5.74) is 7.26. The van der Waals surface area contributed by atoms with Crippen LogP contribution >= 0.6 is 12.2 Å². The number of aromatic nitrogens is 1. The van der Waals surface area contributed by atoms with Gasteiger partial charge in [0.15, 0.2) is 0 Å². The molecule has 1 rings (SSSR count). The third kappa shape index (κ3) is 3.45. The van der Waals surface area contributed by atoms with Gasteiger partial charge < -0.3 is 11.1 Å². The fourth-order valence-corrected chi connectivity index (χ4v) is 1.83. The molecule has 0 saturated carbocycles. The van der Waals surface area contributed by atoms with Gasteiger partial charge in [0.2, 0.25) is 0 Å². The molecule has 0 amide bonds. The third-order valence-electron chi connectivity index (χ3n) is 2.53. The smallest absolute Gasteiger partial charge is 0.124 e. The summed E-state index contributed by atoms with van der Waals surface area (Å²) < 4.78 is 0. The number of nitrogens with two attached hydrogens (primary N) is 1. The number of anilines is 1. The van der Waals surface area contributed by atoms with Crippen molar-refractivity contribution < 1.29 is 0 Å². The van der Waals surface area contributed by atoms with Crippen LogP contribution in [0, 0.1) is 0 Å². The topological polar surface area (TPSA) is 50.9 Å². The van der Waals surface area contributed by atoms with Crippen molar-refractivity contribution >= 4 is 22.9 Å². The van der Waals surface area contributed by atoms with E-state index in [0.29, 0.717) is 16.7 Å². The molecule has 0 aromatic carbocycles. The second-order valence-corrected chi connectivity index (χ2v) is 4.24. The molecule has 0 bridgehead atoms. The molecule has 0 radical (unpaired) electrons. The zero-order valence-corrected chi connectivity index (χ0v) is 10.7. The minimum absolute atomic E-state index is 0.342. The number of rotatable bonds is 6. The van der Waals surface area contributed by atoms with E-state index in [1.165, 1.54) is 0 Å². The van der Waals surface area contributed by atoms with E-state index < -0.39 is 0 Å².